The molecule has 1 atom stereocenters. The standard InChI is InChI=1S/C7H14N4S/c1-5(3-8)4-12-7-9-6(2)10-11-7/h5H,3-4,8H2,1-2H3,(H,9,10,11). The van der Waals surface area contributed by atoms with Gasteiger partial charge in [-0.25, -0.2) is 4.98 Å². The number of thioether (sulfide) groups is 1. The van der Waals surface area contributed by atoms with Gasteiger partial charge in [-0.2, -0.15) is 0 Å². The molecule has 1 rings (SSSR count). The Hall–Kier alpha value is -0.550. The topological polar surface area (TPSA) is 67.6 Å². The first kappa shape index (κ1) is 9.54. The zero-order chi connectivity index (χ0) is 8.97. The van der Waals surface area contributed by atoms with Crippen molar-refractivity contribution in [3.05, 3.63) is 5.82 Å². The van der Waals surface area contributed by atoms with E-state index in [4.69, 9.17) is 5.73 Å². The minimum atomic E-state index is 0.522. The number of nitrogens with two attached hydrogens (primary N) is 1. The van der Waals surface area contributed by atoms with Gasteiger partial charge in [0.25, 0.3) is 0 Å². The molecule has 12 heavy (non-hydrogen) atoms. The van der Waals surface area contributed by atoms with E-state index in [0.29, 0.717) is 5.92 Å². The van der Waals surface area contributed by atoms with E-state index in [2.05, 4.69) is 22.1 Å². The Kier molecular flexibility index (Phi) is 3.55. The van der Waals surface area contributed by atoms with Crippen LogP contribution in [0.1, 0.15) is 12.7 Å². The summed E-state index contributed by atoms with van der Waals surface area (Å²) in [4.78, 5) is 4.17. The van der Waals surface area contributed by atoms with Crippen LogP contribution in [0.2, 0.25) is 0 Å². The Bertz CT molecular complexity index is 235. The van der Waals surface area contributed by atoms with Crippen molar-refractivity contribution < 1.29 is 0 Å². The van der Waals surface area contributed by atoms with E-state index in [-0.39, 0.29) is 0 Å². The highest BCUT2D eigenvalue weighted by Gasteiger charge is 2.03. The fourth-order valence-corrected chi connectivity index (χ4v) is 1.55. The molecule has 0 aliphatic carbocycles. The van der Waals surface area contributed by atoms with Crippen LogP contribution in [0.3, 0.4) is 0 Å². The molecule has 0 fully saturated rings. The summed E-state index contributed by atoms with van der Waals surface area (Å²) < 4.78 is 0. The van der Waals surface area contributed by atoms with Gasteiger partial charge in [-0.3, -0.25) is 5.10 Å². The largest absolute Gasteiger partial charge is 0.330 e. The van der Waals surface area contributed by atoms with Crippen molar-refractivity contribution >= 4 is 11.8 Å². The van der Waals surface area contributed by atoms with Crippen LogP contribution in [0.4, 0.5) is 0 Å². The molecule has 4 nitrogen and oxygen atoms in total. The van der Waals surface area contributed by atoms with Gasteiger partial charge < -0.3 is 5.73 Å². The number of nitrogens with zero attached hydrogens (tertiary/aromatic N) is 2. The number of H-pyrrole nitrogens is 1. The lowest BCUT2D eigenvalue weighted by atomic mass is 10.2. The Balaban J connectivity index is 2.33. The highest BCUT2D eigenvalue weighted by atomic mass is 32.2. The molecule has 1 unspecified atom stereocenters. The Morgan fingerprint density at radius 3 is 2.92 bits per heavy atom. The second kappa shape index (κ2) is 4.47. The van der Waals surface area contributed by atoms with Gasteiger partial charge >= 0.3 is 0 Å². The third-order valence-corrected chi connectivity index (χ3v) is 2.65. The molecule has 0 saturated heterocycles. The zero-order valence-corrected chi connectivity index (χ0v) is 8.19. The molecule has 1 aromatic heterocycles. The number of hydrogen-bond donors (Lipinski definition) is 2. The van der Waals surface area contributed by atoms with E-state index >= 15 is 0 Å². The molecular weight excluding hydrogens is 172 g/mol. The summed E-state index contributed by atoms with van der Waals surface area (Å²) in [5.74, 6) is 2.36. The number of nitrogens with one attached hydrogen (secondary N) is 1. The number of aromatic nitrogens is 3. The second-order valence-electron chi connectivity index (χ2n) is 2.86. The van der Waals surface area contributed by atoms with Crippen LogP contribution in [-0.2, 0) is 0 Å². The van der Waals surface area contributed by atoms with E-state index in [0.717, 1.165) is 23.3 Å². The summed E-state index contributed by atoms with van der Waals surface area (Å²) in [7, 11) is 0. The molecule has 0 aliphatic heterocycles. The van der Waals surface area contributed by atoms with Crippen LogP contribution in [0.5, 0.6) is 0 Å². The van der Waals surface area contributed by atoms with Crippen molar-refractivity contribution in [2.24, 2.45) is 11.7 Å². The maximum Gasteiger partial charge on any atom is 0.208 e. The molecule has 1 aromatic rings. The Morgan fingerprint density at radius 2 is 2.42 bits per heavy atom. The van der Waals surface area contributed by atoms with E-state index < -0.39 is 0 Å². The predicted molar refractivity (Wildman–Crippen MR) is 50.1 cm³/mol. The molecule has 5 heteroatoms. The molecule has 0 saturated carbocycles. The first-order valence-corrected chi connectivity index (χ1v) is 4.92. The fraction of sp³-hybridized carbons (Fsp3) is 0.714. The molecule has 0 radical (unpaired) electrons. The SMILES string of the molecule is Cc1nc(SCC(C)CN)n[nH]1. The maximum absolute atomic E-state index is 5.48. The maximum atomic E-state index is 5.48. The van der Waals surface area contributed by atoms with Crippen LogP contribution in [0, 0.1) is 12.8 Å². The van der Waals surface area contributed by atoms with Gasteiger partial charge in [0.15, 0.2) is 0 Å². The fourth-order valence-electron chi connectivity index (χ4n) is 0.672. The van der Waals surface area contributed by atoms with Crippen LogP contribution < -0.4 is 5.73 Å². The smallest absolute Gasteiger partial charge is 0.208 e. The summed E-state index contributed by atoms with van der Waals surface area (Å²) in [5.41, 5.74) is 5.48. The first-order chi connectivity index (χ1) is 5.72. The van der Waals surface area contributed by atoms with Crippen molar-refractivity contribution in [3.8, 4) is 0 Å². The Morgan fingerprint density at radius 1 is 1.67 bits per heavy atom. The van der Waals surface area contributed by atoms with Crippen molar-refractivity contribution in [1.82, 2.24) is 15.2 Å². The van der Waals surface area contributed by atoms with Gasteiger partial charge in [0, 0.05) is 5.75 Å². The van der Waals surface area contributed by atoms with E-state index in [1.807, 2.05) is 6.92 Å². The normalized spacial score (nSPS) is 13.2. The summed E-state index contributed by atoms with van der Waals surface area (Å²) in [6.45, 7) is 4.73. The second-order valence-corrected chi connectivity index (χ2v) is 3.84. The van der Waals surface area contributed by atoms with Gasteiger partial charge in [0.2, 0.25) is 5.16 Å². The minimum absolute atomic E-state index is 0.522. The number of aryl methyl sites for hydroxylation is 1. The minimum Gasteiger partial charge on any atom is -0.330 e. The molecule has 1 heterocycles. The molecule has 0 spiro atoms. The molecule has 0 amide bonds. The lowest BCUT2D eigenvalue weighted by molar-refractivity contribution is 0.674. The van der Waals surface area contributed by atoms with E-state index in [9.17, 15) is 0 Å². The van der Waals surface area contributed by atoms with Gasteiger partial charge in [-0.15, -0.1) is 5.10 Å². The van der Waals surface area contributed by atoms with Crippen molar-refractivity contribution in [2.75, 3.05) is 12.3 Å². The highest BCUT2D eigenvalue weighted by molar-refractivity contribution is 7.99. The Labute approximate surface area is 76.3 Å². The van der Waals surface area contributed by atoms with Crippen molar-refractivity contribution in [1.29, 1.82) is 0 Å². The lowest BCUT2D eigenvalue weighted by Gasteiger charge is -2.03. The average Bonchev–Trinajstić information content (AvgIpc) is 2.47. The third kappa shape index (κ3) is 2.83. The first-order valence-electron chi connectivity index (χ1n) is 3.94. The third-order valence-electron chi connectivity index (χ3n) is 1.48. The van der Waals surface area contributed by atoms with Gasteiger partial charge in [0.1, 0.15) is 5.82 Å². The number of aromatic amines is 1. The molecule has 3 N–H and O–H groups in total. The van der Waals surface area contributed by atoms with Crippen LogP contribution >= 0.6 is 11.8 Å². The molecule has 0 aliphatic rings. The molecule has 0 bridgehead atoms. The van der Waals surface area contributed by atoms with Crippen LogP contribution in [0.15, 0.2) is 5.16 Å². The monoisotopic (exact) mass is 186 g/mol. The molecule has 0 aromatic carbocycles. The van der Waals surface area contributed by atoms with Gasteiger partial charge in [-0.05, 0) is 19.4 Å². The quantitative estimate of drug-likeness (QED) is 0.682. The number of rotatable bonds is 4. The summed E-state index contributed by atoms with van der Waals surface area (Å²) in [6.07, 6.45) is 0. The predicted octanol–water partition coefficient (Wildman–Crippen LogP) is 0.800. The van der Waals surface area contributed by atoms with E-state index in [1.54, 1.807) is 11.8 Å². The summed E-state index contributed by atoms with van der Waals surface area (Å²) >= 11 is 1.64. The zero-order valence-electron chi connectivity index (χ0n) is 7.37. The molecule has 68 valence electrons. The van der Waals surface area contributed by atoms with Crippen molar-refractivity contribution in [3.63, 3.8) is 0 Å². The van der Waals surface area contributed by atoms with E-state index in [1.165, 1.54) is 0 Å². The summed E-state index contributed by atoms with van der Waals surface area (Å²) in [6, 6.07) is 0. The summed E-state index contributed by atoms with van der Waals surface area (Å²) in [5, 5.41) is 7.62. The van der Waals surface area contributed by atoms with Crippen LogP contribution in [-0.4, -0.2) is 27.5 Å². The van der Waals surface area contributed by atoms with Crippen molar-refractivity contribution in [2.45, 2.75) is 19.0 Å². The highest BCUT2D eigenvalue weighted by Crippen LogP contribution is 2.15. The van der Waals surface area contributed by atoms with Gasteiger partial charge in [0.05, 0.1) is 0 Å². The molecular formula is C7H14N4S. The average molecular weight is 186 g/mol. The van der Waals surface area contributed by atoms with Crippen LogP contribution in [0.25, 0.3) is 0 Å². The van der Waals surface area contributed by atoms with Gasteiger partial charge in [-0.1, -0.05) is 18.7 Å². The number of hydrogen-bond acceptors (Lipinski definition) is 4. The lowest BCUT2D eigenvalue weighted by Crippen LogP contribution is -2.12.